The number of ether oxygens (including phenoxy) is 1. The predicted molar refractivity (Wildman–Crippen MR) is 140 cm³/mol. The molecule has 0 radical (unpaired) electrons. The molecule has 4 rings (SSSR count). The van der Waals surface area contributed by atoms with Crippen molar-refractivity contribution in [3.05, 3.63) is 70.1 Å². The summed E-state index contributed by atoms with van der Waals surface area (Å²) in [4.78, 5) is 19.2. The van der Waals surface area contributed by atoms with Gasteiger partial charge in [-0.3, -0.25) is 15.0 Å². The van der Waals surface area contributed by atoms with Crippen molar-refractivity contribution in [1.82, 2.24) is 15.4 Å². The fraction of sp³-hybridized carbons (Fsp3) is 0.429. The van der Waals surface area contributed by atoms with Gasteiger partial charge in [0, 0.05) is 23.2 Å². The van der Waals surface area contributed by atoms with Gasteiger partial charge >= 0.3 is 0 Å². The lowest BCUT2D eigenvalue weighted by Gasteiger charge is -2.40. The molecule has 3 aromatic rings. The van der Waals surface area contributed by atoms with Crippen LogP contribution in [-0.2, 0) is 11.2 Å². The zero-order chi connectivity index (χ0) is 28.2. The maximum atomic E-state index is 13.9. The van der Waals surface area contributed by atoms with Crippen molar-refractivity contribution < 1.29 is 33.0 Å². The molecule has 2 heterocycles. The smallest absolute Gasteiger partial charge is 0.249 e. The molecule has 1 aliphatic rings. The topological polar surface area (TPSA) is 94.9 Å². The molecule has 7 nitrogen and oxygen atoms in total. The molecule has 11 heteroatoms. The highest BCUT2D eigenvalue weighted by Gasteiger charge is 2.41. The summed E-state index contributed by atoms with van der Waals surface area (Å²) in [5, 5.41) is 21.6. The van der Waals surface area contributed by atoms with Crippen molar-refractivity contribution in [1.29, 1.82) is 0 Å². The molecule has 0 saturated carbocycles. The molecular weight excluding hydrogens is 535 g/mol. The third kappa shape index (κ3) is 6.46. The summed E-state index contributed by atoms with van der Waals surface area (Å²) >= 11 is 6.42. The third-order valence-electron chi connectivity index (χ3n) is 7.68. The van der Waals surface area contributed by atoms with Crippen molar-refractivity contribution in [2.75, 3.05) is 26.7 Å². The number of aliphatic hydroxyl groups is 1. The Hall–Kier alpha value is -2.92. The number of carbonyl (C=O) groups is 1. The molecule has 0 spiro atoms. The maximum absolute atomic E-state index is 13.9. The number of hydrogen-bond donors (Lipinski definition) is 3. The molecule has 1 amide bonds. The van der Waals surface area contributed by atoms with Crippen LogP contribution in [0, 0.1) is 22.9 Å². The summed E-state index contributed by atoms with van der Waals surface area (Å²) in [6.45, 7) is 1.61. The predicted octanol–water partition coefficient (Wildman–Crippen LogP) is 5.35. The highest BCUT2D eigenvalue weighted by molar-refractivity contribution is 6.32. The first-order chi connectivity index (χ1) is 18.7. The van der Waals surface area contributed by atoms with Gasteiger partial charge in [0.25, 0.3) is 0 Å². The van der Waals surface area contributed by atoms with E-state index in [0.29, 0.717) is 78.6 Å². The van der Waals surface area contributed by atoms with Gasteiger partial charge in [0.2, 0.25) is 5.91 Å². The molecule has 210 valence electrons. The summed E-state index contributed by atoms with van der Waals surface area (Å²) < 4.78 is 46.2. The van der Waals surface area contributed by atoms with Gasteiger partial charge in [-0.1, -0.05) is 11.6 Å². The van der Waals surface area contributed by atoms with E-state index in [2.05, 4.69) is 9.88 Å². The Morgan fingerprint density at radius 1 is 1.23 bits per heavy atom. The van der Waals surface area contributed by atoms with Gasteiger partial charge < -0.3 is 14.7 Å². The molecule has 3 N–H and O–H groups in total. The minimum absolute atomic E-state index is 0.00702. The fourth-order valence-electron chi connectivity index (χ4n) is 5.39. The van der Waals surface area contributed by atoms with Crippen LogP contribution in [0.2, 0.25) is 5.02 Å². The van der Waals surface area contributed by atoms with Crippen molar-refractivity contribution in [3.8, 4) is 5.75 Å². The molecule has 1 saturated heterocycles. The largest absolute Gasteiger partial charge is 0.497 e. The van der Waals surface area contributed by atoms with Gasteiger partial charge in [-0.05, 0) is 88.0 Å². The first-order valence-corrected chi connectivity index (χ1v) is 13.2. The second-order valence-corrected chi connectivity index (χ2v) is 10.4. The van der Waals surface area contributed by atoms with Gasteiger partial charge in [0.1, 0.15) is 11.6 Å². The molecule has 0 unspecified atom stereocenters. The Bertz CT molecular complexity index is 1340. The van der Waals surface area contributed by atoms with E-state index < -0.39 is 34.9 Å². The maximum Gasteiger partial charge on any atom is 0.249 e. The number of hydrogen-bond acceptors (Lipinski definition) is 6. The average Bonchev–Trinajstić information content (AvgIpc) is 2.94. The Balaban J connectivity index is 1.40. The quantitative estimate of drug-likeness (QED) is 0.174. The Morgan fingerprint density at radius 2 is 1.97 bits per heavy atom. The van der Waals surface area contributed by atoms with Gasteiger partial charge in [0.15, 0.2) is 11.6 Å². The van der Waals surface area contributed by atoms with Gasteiger partial charge in [0.05, 0.1) is 29.2 Å². The molecule has 2 aromatic carbocycles. The highest BCUT2D eigenvalue weighted by Crippen LogP contribution is 2.41. The highest BCUT2D eigenvalue weighted by atomic mass is 35.5. The Morgan fingerprint density at radius 3 is 2.67 bits per heavy atom. The monoisotopic (exact) mass is 565 g/mol. The number of fused-ring (bicyclic) bond motifs is 1. The number of nitrogens with one attached hydrogen (secondary N) is 1. The summed E-state index contributed by atoms with van der Waals surface area (Å²) in [6.07, 6.45) is 2.51. The van der Waals surface area contributed by atoms with E-state index in [1.54, 1.807) is 30.8 Å². The lowest BCUT2D eigenvalue weighted by molar-refractivity contribution is -0.143. The fourth-order valence-corrected chi connectivity index (χ4v) is 5.67. The number of aliphatic hydroxyl groups excluding tert-OH is 1. The SMILES string of the molecule is COc1ccc2ncc(Cl)c([C@H](O)CCC3(C(=O)NO)CCN(CCCc4cc(F)cc(F)c4F)CC3)c2c1. The minimum atomic E-state index is -1.20. The summed E-state index contributed by atoms with van der Waals surface area (Å²) in [5.41, 5.74) is 2.02. The number of pyridine rings is 1. The number of amides is 1. The number of methoxy groups -OCH3 is 1. The van der Waals surface area contributed by atoms with Gasteiger partial charge in [-0.2, -0.15) is 0 Å². The van der Waals surface area contributed by atoms with Crippen LogP contribution in [0.5, 0.6) is 5.75 Å². The van der Waals surface area contributed by atoms with Crippen LogP contribution < -0.4 is 10.2 Å². The lowest BCUT2D eigenvalue weighted by Crippen LogP contribution is -2.48. The number of benzene rings is 2. The van der Waals surface area contributed by atoms with Crippen LogP contribution >= 0.6 is 11.6 Å². The normalized spacial score (nSPS) is 16.3. The molecule has 1 atom stereocenters. The van der Waals surface area contributed by atoms with E-state index in [9.17, 15) is 28.3 Å². The zero-order valence-electron chi connectivity index (χ0n) is 21.5. The number of carbonyl (C=O) groups excluding carboxylic acids is 1. The number of hydroxylamine groups is 1. The number of aromatic nitrogens is 1. The van der Waals surface area contributed by atoms with Crippen LogP contribution in [-0.4, -0.2) is 52.8 Å². The number of rotatable bonds is 10. The number of halogens is 4. The molecule has 1 aliphatic heterocycles. The molecular formula is C28H31ClF3N3O4. The van der Waals surface area contributed by atoms with Crippen molar-refractivity contribution in [3.63, 3.8) is 0 Å². The summed E-state index contributed by atoms with van der Waals surface area (Å²) in [7, 11) is 1.54. The van der Waals surface area contributed by atoms with Crippen LogP contribution in [0.25, 0.3) is 10.9 Å². The number of nitrogens with zero attached hydrogens (tertiary/aromatic N) is 2. The van der Waals surface area contributed by atoms with E-state index in [1.165, 1.54) is 6.20 Å². The van der Waals surface area contributed by atoms with Crippen molar-refractivity contribution in [2.45, 2.75) is 44.6 Å². The van der Waals surface area contributed by atoms with E-state index in [0.717, 1.165) is 6.07 Å². The zero-order valence-corrected chi connectivity index (χ0v) is 22.3. The van der Waals surface area contributed by atoms with E-state index in [4.69, 9.17) is 16.3 Å². The number of piperidine rings is 1. The van der Waals surface area contributed by atoms with E-state index in [-0.39, 0.29) is 18.4 Å². The summed E-state index contributed by atoms with van der Waals surface area (Å²) in [6, 6.07) is 6.82. The van der Waals surface area contributed by atoms with Crippen LogP contribution in [0.1, 0.15) is 49.3 Å². The Kier molecular flexibility index (Phi) is 9.32. The van der Waals surface area contributed by atoms with E-state index in [1.807, 2.05) is 0 Å². The standard InChI is InChI=1S/C28H31ClF3N3O4/c1-39-19-4-5-23-20(15-19)25(21(29)16-33-23)24(36)6-7-28(27(37)34-38)8-11-35(12-9-28)10-2-3-17-13-18(30)14-22(31)26(17)32/h4-5,13-16,24,36,38H,2-3,6-12H2,1H3,(H,34,37)/t24-/m1/s1. The van der Waals surface area contributed by atoms with Gasteiger partial charge in [-0.25, -0.2) is 18.7 Å². The Labute approximate surface area is 229 Å². The number of likely N-dealkylation sites (tertiary alicyclic amines) is 1. The lowest BCUT2D eigenvalue weighted by atomic mass is 9.73. The second kappa shape index (κ2) is 12.5. The molecule has 0 bridgehead atoms. The van der Waals surface area contributed by atoms with Crippen molar-refractivity contribution >= 4 is 28.4 Å². The molecule has 39 heavy (non-hydrogen) atoms. The molecule has 0 aliphatic carbocycles. The number of aryl methyl sites for hydroxylation is 1. The van der Waals surface area contributed by atoms with E-state index >= 15 is 0 Å². The molecule has 1 aromatic heterocycles. The first-order valence-electron chi connectivity index (χ1n) is 12.8. The summed E-state index contributed by atoms with van der Waals surface area (Å²) in [5.74, 6) is -2.98. The van der Waals surface area contributed by atoms with Crippen LogP contribution in [0.15, 0.2) is 36.5 Å². The minimum Gasteiger partial charge on any atom is -0.497 e. The first kappa shape index (κ1) is 29.1. The van der Waals surface area contributed by atoms with Gasteiger partial charge in [-0.15, -0.1) is 0 Å². The third-order valence-corrected chi connectivity index (χ3v) is 7.98. The van der Waals surface area contributed by atoms with Crippen molar-refractivity contribution in [2.24, 2.45) is 5.41 Å². The average molecular weight is 566 g/mol. The van der Waals surface area contributed by atoms with Crippen LogP contribution in [0.4, 0.5) is 13.2 Å². The second-order valence-electron chi connectivity index (χ2n) is 9.98. The molecule has 1 fully saturated rings. The van der Waals surface area contributed by atoms with Crippen LogP contribution in [0.3, 0.4) is 0 Å².